The Labute approximate surface area is 99.8 Å². The standard InChI is InChI=1S/C11H17NO5/c13-10(17-9-7-11(14)16-8-9)1-2-12-3-5-15-6-4-12/h9H,1-8H2. The Morgan fingerprint density at radius 2 is 2.18 bits per heavy atom. The summed E-state index contributed by atoms with van der Waals surface area (Å²) in [6.07, 6.45) is 0.147. The van der Waals surface area contributed by atoms with Gasteiger partial charge in [-0.25, -0.2) is 0 Å². The summed E-state index contributed by atoms with van der Waals surface area (Å²) in [6.45, 7) is 4.04. The molecular weight excluding hydrogens is 226 g/mol. The zero-order valence-electron chi connectivity index (χ0n) is 9.72. The van der Waals surface area contributed by atoms with Gasteiger partial charge in [-0.1, -0.05) is 0 Å². The molecule has 6 heteroatoms. The molecule has 2 rings (SSSR count). The van der Waals surface area contributed by atoms with Crippen LogP contribution < -0.4 is 0 Å². The molecule has 0 aliphatic carbocycles. The Morgan fingerprint density at radius 1 is 1.41 bits per heavy atom. The van der Waals surface area contributed by atoms with Crippen molar-refractivity contribution < 1.29 is 23.8 Å². The van der Waals surface area contributed by atoms with Crippen LogP contribution in [0.15, 0.2) is 0 Å². The van der Waals surface area contributed by atoms with Crippen molar-refractivity contribution in [3.05, 3.63) is 0 Å². The monoisotopic (exact) mass is 243 g/mol. The van der Waals surface area contributed by atoms with Gasteiger partial charge in [-0.15, -0.1) is 0 Å². The lowest BCUT2D eigenvalue weighted by atomic mass is 10.3. The van der Waals surface area contributed by atoms with Crippen LogP contribution in [0.2, 0.25) is 0 Å². The van der Waals surface area contributed by atoms with Gasteiger partial charge in [-0.3, -0.25) is 14.5 Å². The van der Waals surface area contributed by atoms with E-state index in [4.69, 9.17) is 14.2 Å². The van der Waals surface area contributed by atoms with Gasteiger partial charge in [0.15, 0.2) is 0 Å². The number of esters is 2. The zero-order chi connectivity index (χ0) is 12.1. The molecule has 0 amide bonds. The van der Waals surface area contributed by atoms with E-state index in [1.807, 2.05) is 0 Å². The van der Waals surface area contributed by atoms with E-state index in [0.29, 0.717) is 13.0 Å². The molecule has 0 aromatic rings. The number of carbonyl (C=O) groups excluding carboxylic acids is 2. The molecule has 17 heavy (non-hydrogen) atoms. The third kappa shape index (κ3) is 3.98. The Balaban J connectivity index is 1.61. The molecule has 0 bridgehead atoms. The van der Waals surface area contributed by atoms with Gasteiger partial charge in [0.25, 0.3) is 0 Å². The number of hydrogen-bond donors (Lipinski definition) is 0. The van der Waals surface area contributed by atoms with Crippen LogP contribution in [0, 0.1) is 0 Å². The Kier molecular flexibility index (Phi) is 4.33. The maximum atomic E-state index is 11.5. The van der Waals surface area contributed by atoms with Crippen molar-refractivity contribution >= 4 is 11.9 Å². The lowest BCUT2D eigenvalue weighted by molar-refractivity contribution is -0.149. The Hall–Kier alpha value is -1.14. The molecule has 0 saturated carbocycles. The fourth-order valence-electron chi connectivity index (χ4n) is 1.88. The van der Waals surface area contributed by atoms with E-state index < -0.39 is 0 Å². The average molecular weight is 243 g/mol. The van der Waals surface area contributed by atoms with Crippen LogP contribution >= 0.6 is 0 Å². The van der Waals surface area contributed by atoms with Gasteiger partial charge in [0.2, 0.25) is 0 Å². The third-order valence-corrected chi connectivity index (χ3v) is 2.86. The number of hydrogen-bond acceptors (Lipinski definition) is 6. The molecule has 2 aliphatic rings. The van der Waals surface area contributed by atoms with Gasteiger partial charge in [0, 0.05) is 19.6 Å². The van der Waals surface area contributed by atoms with Gasteiger partial charge < -0.3 is 14.2 Å². The molecule has 0 N–H and O–H groups in total. The summed E-state index contributed by atoms with van der Waals surface area (Å²) in [5, 5.41) is 0. The highest BCUT2D eigenvalue weighted by Gasteiger charge is 2.27. The van der Waals surface area contributed by atoms with E-state index in [1.54, 1.807) is 0 Å². The van der Waals surface area contributed by atoms with Crippen molar-refractivity contribution in [2.24, 2.45) is 0 Å². The minimum atomic E-state index is -0.389. The summed E-state index contributed by atoms with van der Waals surface area (Å²) in [5.41, 5.74) is 0. The summed E-state index contributed by atoms with van der Waals surface area (Å²) in [5.74, 6) is -0.559. The minimum absolute atomic E-state index is 0.184. The summed E-state index contributed by atoms with van der Waals surface area (Å²) in [7, 11) is 0. The predicted molar refractivity (Wildman–Crippen MR) is 57.3 cm³/mol. The highest BCUT2D eigenvalue weighted by Crippen LogP contribution is 2.11. The van der Waals surface area contributed by atoms with Crippen LogP contribution in [0.3, 0.4) is 0 Å². The van der Waals surface area contributed by atoms with Crippen molar-refractivity contribution in [1.82, 2.24) is 4.90 Å². The second-order valence-corrected chi connectivity index (χ2v) is 4.20. The fourth-order valence-corrected chi connectivity index (χ4v) is 1.88. The van der Waals surface area contributed by atoms with Gasteiger partial charge in [0.05, 0.1) is 26.1 Å². The smallest absolute Gasteiger partial charge is 0.309 e. The number of nitrogens with zero attached hydrogens (tertiary/aromatic N) is 1. The second kappa shape index (κ2) is 5.97. The SMILES string of the molecule is O=C1CC(OC(=O)CCN2CCOCC2)CO1. The van der Waals surface area contributed by atoms with Crippen LogP contribution in [-0.4, -0.2) is 62.4 Å². The largest absolute Gasteiger partial charge is 0.462 e. The molecule has 2 saturated heterocycles. The van der Waals surface area contributed by atoms with Crippen molar-refractivity contribution in [2.45, 2.75) is 18.9 Å². The van der Waals surface area contributed by atoms with Crippen LogP contribution in [0.1, 0.15) is 12.8 Å². The average Bonchev–Trinajstić information content (AvgIpc) is 2.73. The molecule has 2 aliphatic heterocycles. The fraction of sp³-hybridized carbons (Fsp3) is 0.818. The first kappa shape index (κ1) is 12.3. The van der Waals surface area contributed by atoms with Crippen LogP contribution in [-0.2, 0) is 23.8 Å². The normalized spacial score (nSPS) is 25.6. The molecule has 0 radical (unpaired) electrons. The van der Waals surface area contributed by atoms with Crippen molar-refractivity contribution in [2.75, 3.05) is 39.5 Å². The Bertz CT molecular complexity index is 288. The lowest BCUT2D eigenvalue weighted by Crippen LogP contribution is -2.37. The van der Waals surface area contributed by atoms with Crippen LogP contribution in [0.25, 0.3) is 0 Å². The van der Waals surface area contributed by atoms with Crippen molar-refractivity contribution in [3.63, 3.8) is 0 Å². The molecular formula is C11H17NO5. The molecule has 2 heterocycles. The van der Waals surface area contributed by atoms with E-state index in [9.17, 15) is 9.59 Å². The first-order chi connectivity index (χ1) is 8.24. The summed E-state index contributed by atoms with van der Waals surface area (Å²) >= 11 is 0. The minimum Gasteiger partial charge on any atom is -0.462 e. The molecule has 0 spiro atoms. The molecule has 2 fully saturated rings. The number of ether oxygens (including phenoxy) is 3. The Morgan fingerprint density at radius 3 is 2.82 bits per heavy atom. The van der Waals surface area contributed by atoms with Crippen molar-refractivity contribution in [3.8, 4) is 0 Å². The third-order valence-electron chi connectivity index (χ3n) is 2.86. The maximum absolute atomic E-state index is 11.5. The zero-order valence-corrected chi connectivity index (χ0v) is 9.72. The first-order valence-electron chi connectivity index (χ1n) is 5.89. The number of carbonyl (C=O) groups is 2. The first-order valence-corrected chi connectivity index (χ1v) is 5.89. The van der Waals surface area contributed by atoms with Gasteiger partial charge >= 0.3 is 11.9 Å². The van der Waals surface area contributed by atoms with E-state index >= 15 is 0 Å². The van der Waals surface area contributed by atoms with Gasteiger partial charge in [0.1, 0.15) is 12.7 Å². The predicted octanol–water partition coefficient (Wildman–Crippen LogP) is -0.433. The van der Waals surface area contributed by atoms with Gasteiger partial charge in [-0.2, -0.15) is 0 Å². The molecule has 96 valence electrons. The lowest BCUT2D eigenvalue weighted by Gasteiger charge is -2.26. The molecule has 0 aromatic carbocycles. The quantitative estimate of drug-likeness (QED) is 0.624. The van der Waals surface area contributed by atoms with Crippen LogP contribution in [0.4, 0.5) is 0 Å². The van der Waals surface area contributed by atoms with Crippen LogP contribution in [0.5, 0.6) is 0 Å². The number of rotatable bonds is 4. The number of cyclic esters (lactones) is 1. The summed E-state index contributed by atoms with van der Waals surface area (Å²) in [6, 6.07) is 0. The molecule has 1 atom stereocenters. The second-order valence-electron chi connectivity index (χ2n) is 4.20. The highest BCUT2D eigenvalue weighted by molar-refractivity contribution is 5.74. The maximum Gasteiger partial charge on any atom is 0.309 e. The molecule has 0 aromatic heterocycles. The topological polar surface area (TPSA) is 65.1 Å². The van der Waals surface area contributed by atoms with Crippen molar-refractivity contribution in [1.29, 1.82) is 0 Å². The van der Waals surface area contributed by atoms with E-state index in [-0.39, 0.29) is 31.1 Å². The summed E-state index contributed by atoms with van der Waals surface area (Å²) < 4.78 is 15.1. The van der Waals surface area contributed by atoms with E-state index in [0.717, 1.165) is 26.3 Å². The van der Waals surface area contributed by atoms with Gasteiger partial charge in [-0.05, 0) is 0 Å². The highest BCUT2D eigenvalue weighted by atomic mass is 16.6. The summed E-state index contributed by atoms with van der Waals surface area (Å²) in [4.78, 5) is 24.5. The van der Waals surface area contributed by atoms with E-state index in [1.165, 1.54) is 0 Å². The molecule has 6 nitrogen and oxygen atoms in total. The molecule has 1 unspecified atom stereocenters. The number of morpholine rings is 1. The van der Waals surface area contributed by atoms with E-state index in [2.05, 4.69) is 4.90 Å².